The summed E-state index contributed by atoms with van der Waals surface area (Å²) in [5.74, 6) is -1.08. The van der Waals surface area contributed by atoms with Crippen LogP contribution in [0.4, 0.5) is 4.39 Å². The predicted molar refractivity (Wildman–Crippen MR) is 97.9 cm³/mol. The number of rotatable bonds is 7. The highest BCUT2D eigenvalue weighted by atomic mass is 32.2. The van der Waals surface area contributed by atoms with Gasteiger partial charge in [0, 0.05) is 24.1 Å². The van der Waals surface area contributed by atoms with E-state index < -0.39 is 18.5 Å². The fourth-order valence-electron chi connectivity index (χ4n) is 2.25. The van der Waals surface area contributed by atoms with Crippen LogP contribution in [-0.4, -0.2) is 43.8 Å². The molecule has 1 amide bonds. The molecule has 0 unspecified atom stereocenters. The van der Waals surface area contributed by atoms with E-state index in [2.05, 4.69) is 0 Å². The summed E-state index contributed by atoms with van der Waals surface area (Å²) < 4.78 is 23.9. The summed E-state index contributed by atoms with van der Waals surface area (Å²) in [7, 11) is 2.99. The molecule has 0 fully saturated rings. The Kier molecular flexibility index (Phi) is 7.03. The summed E-state index contributed by atoms with van der Waals surface area (Å²) in [6.07, 6.45) is 1.91. The fraction of sp³-hybridized carbons (Fsp3) is 0.263. The van der Waals surface area contributed by atoms with Gasteiger partial charge in [-0.15, -0.1) is 11.8 Å². The van der Waals surface area contributed by atoms with Crippen LogP contribution in [0.2, 0.25) is 0 Å². The summed E-state index contributed by atoms with van der Waals surface area (Å²) in [4.78, 5) is 26.6. The fourth-order valence-corrected chi connectivity index (χ4v) is 2.68. The number of ether oxygens (including phenoxy) is 2. The number of hydrogen-bond acceptors (Lipinski definition) is 5. The molecule has 0 radical (unpaired) electrons. The van der Waals surface area contributed by atoms with E-state index in [9.17, 15) is 14.0 Å². The van der Waals surface area contributed by atoms with Gasteiger partial charge in [-0.3, -0.25) is 4.79 Å². The molecule has 5 nitrogen and oxygen atoms in total. The highest BCUT2D eigenvalue weighted by Crippen LogP contribution is 2.25. The van der Waals surface area contributed by atoms with Crippen molar-refractivity contribution < 1.29 is 23.5 Å². The molecule has 0 aliphatic heterocycles. The van der Waals surface area contributed by atoms with Crippen LogP contribution in [0.5, 0.6) is 5.75 Å². The Morgan fingerprint density at radius 2 is 1.92 bits per heavy atom. The Morgan fingerprint density at radius 3 is 2.58 bits per heavy atom. The Morgan fingerprint density at radius 1 is 1.19 bits per heavy atom. The third-order valence-electron chi connectivity index (χ3n) is 3.75. The van der Waals surface area contributed by atoms with Crippen molar-refractivity contribution in [3.05, 3.63) is 59.4 Å². The zero-order chi connectivity index (χ0) is 19.1. The molecule has 2 rings (SSSR count). The normalized spacial score (nSPS) is 10.3. The molecule has 0 aromatic heterocycles. The van der Waals surface area contributed by atoms with E-state index in [-0.39, 0.29) is 17.9 Å². The number of amides is 1. The molecular weight excluding hydrogens is 357 g/mol. The molecule has 0 heterocycles. The summed E-state index contributed by atoms with van der Waals surface area (Å²) >= 11 is 1.52. The first-order valence-electron chi connectivity index (χ1n) is 7.82. The van der Waals surface area contributed by atoms with E-state index in [1.54, 1.807) is 36.4 Å². The van der Waals surface area contributed by atoms with Crippen molar-refractivity contribution in [3.63, 3.8) is 0 Å². The van der Waals surface area contributed by atoms with Crippen molar-refractivity contribution in [1.82, 2.24) is 4.90 Å². The first-order chi connectivity index (χ1) is 12.5. The lowest BCUT2D eigenvalue weighted by Crippen LogP contribution is -2.31. The van der Waals surface area contributed by atoms with Gasteiger partial charge in [-0.2, -0.15) is 0 Å². The van der Waals surface area contributed by atoms with Crippen LogP contribution < -0.4 is 4.74 Å². The molecular formula is C19H20FNO4S. The van der Waals surface area contributed by atoms with Gasteiger partial charge in [-0.1, -0.05) is 18.2 Å². The molecule has 138 valence electrons. The highest BCUT2D eigenvalue weighted by molar-refractivity contribution is 7.98. The second kappa shape index (κ2) is 9.24. The third kappa shape index (κ3) is 4.98. The van der Waals surface area contributed by atoms with Crippen LogP contribution in [0.3, 0.4) is 0 Å². The number of nitrogens with zero attached hydrogens (tertiary/aromatic N) is 1. The van der Waals surface area contributed by atoms with Gasteiger partial charge in [-0.05, 0) is 30.5 Å². The zero-order valence-electron chi connectivity index (χ0n) is 14.8. The lowest BCUT2D eigenvalue weighted by Gasteiger charge is -2.18. The number of halogens is 1. The van der Waals surface area contributed by atoms with E-state index in [0.717, 1.165) is 4.90 Å². The highest BCUT2D eigenvalue weighted by Gasteiger charge is 2.18. The quantitative estimate of drug-likeness (QED) is 0.547. The monoisotopic (exact) mass is 377 g/mol. The van der Waals surface area contributed by atoms with Gasteiger partial charge < -0.3 is 14.4 Å². The number of carbonyl (C=O) groups is 2. The van der Waals surface area contributed by atoms with Gasteiger partial charge in [0.1, 0.15) is 17.1 Å². The lowest BCUT2D eigenvalue weighted by atomic mass is 10.2. The minimum Gasteiger partial charge on any atom is -0.496 e. The standard InChI is InChI=1S/C19H20FNO4S/c1-21(11-13-6-4-5-7-16(13)20)18(22)12-25-19(23)15-9-8-14(26-3)10-17(15)24-2/h4-10H,11-12H2,1-3H3. The topological polar surface area (TPSA) is 55.8 Å². The van der Waals surface area contributed by atoms with E-state index in [1.807, 2.05) is 6.26 Å². The Hall–Kier alpha value is -2.54. The number of likely N-dealkylation sites (N-methyl/N-ethyl adjacent to an activating group) is 1. The molecule has 0 saturated carbocycles. The van der Waals surface area contributed by atoms with Crippen LogP contribution in [-0.2, 0) is 16.1 Å². The SMILES string of the molecule is COc1cc(SC)ccc1C(=O)OCC(=O)N(C)Cc1ccccc1F. The maximum atomic E-state index is 13.7. The Bertz CT molecular complexity index is 797. The second-order valence-corrected chi connectivity index (χ2v) is 6.36. The van der Waals surface area contributed by atoms with Crippen molar-refractivity contribution in [2.45, 2.75) is 11.4 Å². The van der Waals surface area contributed by atoms with Crippen molar-refractivity contribution in [2.75, 3.05) is 27.0 Å². The van der Waals surface area contributed by atoms with E-state index in [4.69, 9.17) is 9.47 Å². The Labute approximate surface area is 156 Å². The van der Waals surface area contributed by atoms with Crippen LogP contribution >= 0.6 is 11.8 Å². The van der Waals surface area contributed by atoms with Crippen LogP contribution in [0.1, 0.15) is 15.9 Å². The molecule has 0 atom stereocenters. The van der Waals surface area contributed by atoms with Crippen LogP contribution in [0, 0.1) is 5.82 Å². The molecule has 0 aliphatic carbocycles. The minimum atomic E-state index is -0.651. The number of carbonyl (C=O) groups excluding carboxylic acids is 2. The van der Waals surface area contributed by atoms with Gasteiger partial charge >= 0.3 is 5.97 Å². The van der Waals surface area contributed by atoms with Gasteiger partial charge in [0.2, 0.25) is 0 Å². The molecule has 0 bridgehead atoms. The maximum absolute atomic E-state index is 13.7. The van der Waals surface area contributed by atoms with Crippen molar-refractivity contribution in [1.29, 1.82) is 0 Å². The summed E-state index contributed by atoms with van der Waals surface area (Å²) in [6, 6.07) is 11.3. The molecule has 26 heavy (non-hydrogen) atoms. The maximum Gasteiger partial charge on any atom is 0.342 e. The largest absolute Gasteiger partial charge is 0.496 e. The van der Waals surface area contributed by atoms with Crippen LogP contribution in [0.25, 0.3) is 0 Å². The second-order valence-electron chi connectivity index (χ2n) is 5.48. The smallest absolute Gasteiger partial charge is 0.342 e. The molecule has 2 aromatic rings. The molecule has 7 heteroatoms. The average molecular weight is 377 g/mol. The lowest BCUT2D eigenvalue weighted by molar-refractivity contribution is -0.133. The van der Waals surface area contributed by atoms with Crippen molar-refractivity contribution >= 4 is 23.6 Å². The number of hydrogen-bond donors (Lipinski definition) is 0. The van der Waals surface area contributed by atoms with E-state index >= 15 is 0 Å². The summed E-state index contributed by atoms with van der Waals surface area (Å²) in [5.41, 5.74) is 0.638. The van der Waals surface area contributed by atoms with E-state index in [1.165, 1.54) is 36.9 Å². The van der Waals surface area contributed by atoms with E-state index in [0.29, 0.717) is 11.3 Å². The van der Waals surface area contributed by atoms with Crippen molar-refractivity contribution in [2.24, 2.45) is 0 Å². The number of thioether (sulfide) groups is 1. The van der Waals surface area contributed by atoms with Crippen molar-refractivity contribution in [3.8, 4) is 5.75 Å². The number of esters is 1. The zero-order valence-corrected chi connectivity index (χ0v) is 15.6. The first kappa shape index (κ1) is 19.8. The first-order valence-corrected chi connectivity index (χ1v) is 9.05. The van der Waals surface area contributed by atoms with Gasteiger partial charge in [-0.25, -0.2) is 9.18 Å². The van der Waals surface area contributed by atoms with Gasteiger partial charge in [0.15, 0.2) is 6.61 Å². The molecule has 2 aromatic carbocycles. The Balaban J connectivity index is 1.96. The average Bonchev–Trinajstić information content (AvgIpc) is 2.66. The van der Waals surface area contributed by atoms with Gasteiger partial charge in [0.05, 0.1) is 7.11 Å². The third-order valence-corrected chi connectivity index (χ3v) is 4.47. The predicted octanol–water partition coefficient (Wildman–Crippen LogP) is 3.37. The number of benzene rings is 2. The summed E-state index contributed by atoms with van der Waals surface area (Å²) in [6.45, 7) is -0.341. The number of methoxy groups -OCH3 is 1. The summed E-state index contributed by atoms with van der Waals surface area (Å²) in [5, 5.41) is 0. The van der Waals surface area contributed by atoms with Crippen LogP contribution in [0.15, 0.2) is 47.4 Å². The van der Waals surface area contributed by atoms with Gasteiger partial charge in [0.25, 0.3) is 5.91 Å². The molecule has 0 saturated heterocycles. The minimum absolute atomic E-state index is 0.0921. The molecule has 0 aliphatic rings. The molecule has 0 N–H and O–H groups in total. The molecule has 0 spiro atoms.